The number of para-hydroxylation sites is 2. The van der Waals surface area contributed by atoms with Crippen LogP contribution in [0.4, 0.5) is 17.1 Å². The SMILES string of the molecule is [2H]c1c([2H])c(N(c2c([2H])c([2H])c(-c3ccc(-c4ccccc4)c(-c4ccccc4)c3)c([2H])c2[2H])c2c([2H])c([2H])c(-c3cccc4c3oc3ccccc34)c([2H])c2[2H])c([2H])c([2H])c1-c1ccccc1. The van der Waals surface area contributed by atoms with Gasteiger partial charge in [-0.1, -0.05) is 176 Å². The molecule has 0 N–H and O–H groups in total. The van der Waals surface area contributed by atoms with Crippen molar-refractivity contribution in [3.8, 4) is 55.6 Å². The molecule has 0 atom stereocenters. The van der Waals surface area contributed by atoms with Crippen LogP contribution in [0.5, 0.6) is 0 Å². The zero-order valence-corrected chi connectivity index (χ0v) is 29.8. The van der Waals surface area contributed by atoms with E-state index in [0.717, 1.165) is 32.5 Å². The number of rotatable bonds is 8. The van der Waals surface area contributed by atoms with Crippen molar-refractivity contribution in [2.75, 3.05) is 4.90 Å². The molecule has 0 fully saturated rings. The molecule has 0 aliphatic heterocycles. The number of benzene rings is 9. The van der Waals surface area contributed by atoms with Gasteiger partial charge >= 0.3 is 0 Å². The van der Waals surface area contributed by atoms with E-state index in [0.29, 0.717) is 27.7 Å². The van der Waals surface area contributed by atoms with Crippen molar-refractivity contribution >= 4 is 39.0 Å². The summed E-state index contributed by atoms with van der Waals surface area (Å²) < 4.78 is 120. The van der Waals surface area contributed by atoms with Gasteiger partial charge in [0.1, 0.15) is 11.2 Å². The summed E-state index contributed by atoms with van der Waals surface area (Å²) in [5.41, 5.74) is 3.17. The van der Waals surface area contributed by atoms with E-state index in [1.807, 2.05) is 91.0 Å². The summed E-state index contributed by atoms with van der Waals surface area (Å²) in [7, 11) is 0. The highest BCUT2D eigenvalue weighted by Crippen LogP contribution is 2.41. The van der Waals surface area contributed by atoms with Crippen molar-refractivity contribution < 1.29 is 20.9 Å². The van der Waals surface area contributed by atoms with Crippen LogP contribution in [0.2, 0.25) is 0 Å². The predicted molar refractivity (Wildman–Crippen MR) is 236 cm³/mol. The lowest BCUT2D eigenvalue weighted by molar-refractivity contribution is 0.670. The zero-order valence-electron chi connectivity index (χ0n) is 41.8. The van der Waals surface area contributed by atoms with Crippen molar-refractivity contribution in [2.24, 2.45) is 0 Å². The first-order valence-electron chi connectivity index (χ1n) is 24.1. The van der Waals surface area contributed by atoms with Crippen LogP contribution in [0.1, 0.15) is 16.4 Å². The van der Waals surface area contributed by atoms with E-state index in [4.69, 9.17) is 4.42 Å². The van der Waals surface area contributed by atoms with E-state index in [2.05, 4.69) is 0 Å². The highest BCUT2D eigenvalue weighted by molar-refractivity contribution is 6.09. The standard InChI is InChI=1S/C54H37NO/c1-4-13-38(14-5-1)39-23-30-45(31-24-39)55(47-34-27-43(28-35-47)49-20-12-21-51-50-19-10-11-22-53(50)56-54(49)51)46-32-25-40(26-33-46)44-29-36-48(41-15-6-2-7-16-41)52(37-44)42-17-8-3-9-18-42/h1-37H/i23D,24D,25D,26D,27D,28D,30D,31D,32D,33D,34D,35D. The molecule has 10 rings (SSSR count). The van der Waals surface area contributed by atoms with E-state index in [-0.39, 0.29) is 22.3 Å². The Morgan fingerprint density at radius 3 is 1.41 bits per heavy atom. The van der Waals surface area contributed by atoms with Crippen molar-refractivity contribution in [1.29, 1.82) is 0 Å². The van der Waals surface area contributed by atoms with E-state index in [9.17, 15) is 16.4 Å². The van der Waals surface area contributed by atoms with Crippen LogP contribution in [-0.2, 0) is 0 Å². The Hall–Kier alpha value is -7.42. The van der Waals surface area contributed by atoms with Gasteiger partial charge in [0.05, 0.1) is 16.4 Å². The van der Waals surface area contributed by atoms with Gasteiger partial charge in [0.2, 0.25) is 0 Å². The molecule has 2 nitrogen and oxygen atoms in total. The monoisotopic (exact) mass is 727 g/mol. The van der Waals surface area contributed by atoms with Gasteiger partial charge in [-0.15, -0.1) is 0 Å². The second-order valence-corrected chi connectivity index (χ2v) is 13.1. The molecule has 1 heterocycles. The normalized spacial score (nSPS) is 14.2. The Morgan fingerprint density at radius 2 is 0.804 bits per heavy atom. The quantitative estimate of drug-likeness (QED) is 0.155. The summed E-state index contributed by atoms with van der Waals surface area (Å²) >= 11 is 0. The third-order valence-corrected chi connectivity index (χ3v) is 9.72. The number of hydrogen-bond acceptors (Lipinski definition) is 2. The third-order valence-electron chi connectivity index (χ3n) is 9.72. The van der Waals surface area contributed by atoms with Crippen molar-refractivity contribution in [1.82, 2.24) is 0 Å². The van der Waals surface area contributed by atoms with Crippen LogP contribution in [0.15, 0.2) is 229 Å². The van der Waals surface area contributed by atoms with Crippen LogP contribution in [-0.4, -0.2) is 0 Å². The molecular formula is C54H37NO. The maximum absolute atomic E-state index is 9.66. The summed E-state index contributed by atoms with van der Waals surface area (Å²) in [6, 6.07) is 38.1. The average molecular weight is 728 g/mol. The number of nitrogens with zero attached hydrogens (tertiary/aromatic N) is 1. The van der Waals surface area contributed by atoms with Gasteiger partial charge in [-0.25, -0.2) is 0 Å². The first kappa shape index (κ1) is 22.7. The first-order valence-corrected chi connectivity index (χ1v) is 18.1. The number of fused-ring (bicyclic) bond motifs is 3. The summed E-state index contributed by atoms with van der Waals surface area (Å²) in [6.45, 7) is 0. The lowest BCUT2D eigenvalue weighted by Gasteiger charge is -2.26. The highest BCUT2D eigenvalue weighted by Gasteiger charge is 2.17. The minimum Gasteiger partial charge on any atom is -0.455 e. The molecule has 0 amide bonds. The smallest absolute Gasteiger partial charge is 0.143 e. The van der Waals surface area contributed by atoms with E-state index < -0.39 is 89.6 Å². The second kappa shape index (κ2) is 14.4. The molecule has 1 aromatic heterocycles. The molecule has 9 aromatic carbocycles. The molecule has 0 aliphatic rings. The summed E-state index contributed by atoms with van der Waals surface area (Å²) in [6.07, 6.45) is 0. The van der Waals surface area contributed by atoms with Gasteiger partial charge in [0.15, 0.2) is 0 Å². The molecule has 0 saturated carbocycles. The molecule has 0 radical (unpaired) electrons. The number of hydrogen-bond donors (Lipinski definition) is 0. The van der Waals surface area contributed by atoms with Gasteiger partial charge in [-0.05, 0) is 98.5 Å². The third kappa shape index (κ3) is 6.24. The zero-order chi connectivity index (χ0) is 47.7. The van der Waals surface area contributed by atoms with E-state index >= 15 is 0 Å². The highest BCUT2D eigenvalue weighted by atomic mass is 16.3. The second-order valence-electron chi connectivity index (χ2n) is 13.1. The fourth-order valence-corrected chi connectivity index (χ4v) is 6.99. The molecule has 0 aliphatic carbocycles. The molecule has 2 heteroatoms. The topological polar surface area (TPSA) is 16.4 Å². The number of anilines is 3. The Morgan fingerprint density at radius 1 is 0.321 bits per heavy atom. The van der Waals surface area contributed by atoms with Gasteiger partial charge in [-0.2, -0.15) is 0 Å². The number of furan rings is 1. The fourth-order valence-electron chi connectivity index (χ4n) is 6.99. The molecule has 56 heavy (non-hydrogen) atoms. The van der Waals surface area contributed by atoms with E-state index in [1.165, 1.54) is 0 Å². The average Bonchev–Trinajstić information content (AvgIpc) is 3.75. The van der Waals surface area contributed by atoms with Gasteiger partial charge < -0.3 is 9.32 Å². The van der Waals surface area contributed by atoms with Crippen LogP contribution in [0, 0.1) is 0 Å². The molecule has 10 aromatic rings. The van der Waals surface area contributed by atoms with E-state index in [1.54, 1.807) is 60.7 Å². The Bertz CT molecular complexity index is 3570. The minimum absolute atomic E-state index is 0.0544. The van der Waals surface area contributed by atoms with Crippen molar-refractivity contribution in [2.45, 2.75) is 0 Å². The lowest BCUT2D eigenvalue weighted by Crippen LogP contribution is -2.09. The molecular weight excluding hydrogens is 679 g/mol. The maximum atomic E-state index is 9.66. The first-order chi connectivity index (χ1) is 32.8. The van der Waals surface area contributed by atoms with Crippen LogP contribution >= 0.6 is 0 Å². The summed E-state index contributed by atoms with van der Waals surface area (Å²) in [5.74, 6) is 0. The summed E-state index contributed by atoms with van der Waals surface area (Å²) in [5, 5.41) is 1.46. The molecule has 0 unspecified atom stereocenters. The Labute approximate surface area is 344 Å². The van der Waals surface area contributed by atoms with Gasteiger partial charge in [0, 0.05) is 33.4 Å². The minimum atomic E-state index is -0.706. The predicted octanol–water partition coefficient (Wildman–Crippen LogP) is 15.4. The molecule has 0 saturated heterocycles. The van der Waals surface area contributed by atoms with Gasteiger partial charge in [-0.3, -0.25) is 0 Å². The molecule has 0 spiro atoms. The molecule has 264 valence electrons. The molecule has 0 bridgehead atoms. The lowest BCUT2D eigenvalue weighted by atomic mass is 9.91. The fraction of sp³-hybridized carbons (Fsp3) is 0. The van der Waals surface area contributed by atoms with Gasteiger partial charge in [0.25, 0.3) is 0 Å². The van der Waals surface area contributed by atoms with Crippen LogP contribution < -0.4 is 4.90 Å². The largest absolute Gasteiger partial charge is 0.455 e. The summed E-state index contributed by atoms with van der Waals surface area (Å²) in [4.78, 5) is 0.834. The van der Waals surface area contributed by atoms with Crippen molar-refractivity contribution in [3.05, 3.63) is 224 Å². The maximum Gasteiger partial charge on any atom is 0.143 e. The van der Waals surface area contributed by atoms with Crippen LogP contribution in [0.25, 0.3) is 77.6 Å². The van der Waals surface area contributed by atoms with Crippen LogP contribution in [0.3, 0.4) is 0 Å². The van der Waals surface area contributed by atoms with Crippen molar-refractivity contribution in [3.63, 3.8) is 0 Å². The Kier molecular flexibility index (Phi) is 5.85. The Balaban J connectivity index is 1.25.